The average molecular weight is 174 g/mol. The first kappa shape index (κ1) is 11.9. The molecule has 0 atom stereocenters. The van der Waals surface area contributed by atoms with E-state index in [-0.39, 0.29) is 0 Å². The molecule has 0 aromatic heterocycles. The molecule has 2 heteroatoms. The molecule has 0 radical (unpaired) electrons. The van der Waals surface area contributed by atoms with Crippen molar-refractivity contribution in [3.8, 4) is 0 Å². The number of rotatable bonds is 9. The lowest BCUT2D eigenvalue weighted by Crippen LogP contribution is -2.94. The van der Waals surface area contributed by atoms with Crippen LogP contribution in [0.5, 0.6) is 0 Å². The predicted octanol–water partition coefficient (Wildman–Crippen LogP) is -0.287. The highest BCUT2D eigenvalue weighted by Gasteiger charge is 1.92. The normalized spacial score (nSPS) is 10.5. The molecular formula is C10H26N2+2. The van der Waals surface area contributed by atoms with E-state index >= 15 is 0 Å². The minimum Gasteiger partial charge on any atom is -0.342 e. The van der Waals surface area contributed by atoms with E-state index in [2.05, 4.69) is 24.5 Å². The van der Waals surface area contributed by atoms with Crippen LogP contribution in [-0.2, 0) is 0 Å². The molecule has 0 saturated heterocycles. The SMILES string of the molecule is CCCCCC[NH2+]CC[NH2+]CC. The second kappa shape index (κ2) is 10.9. The molecule has 2 nitrogen and oxygen atoms in total. The van der Waals surface area contributed by atoms with Crippen LogP contribution in [0, 0.1) is 0 Å². The molecule has 0 bridgehead atoms. The van der Waals surface area contributed by atoms with Crippen molar-refractivity contribution in [3.05, 3.63) is 0 Å². The second-order valence-electron chi connectivity index (χ2n) is 3.41. The summed E-state index contributed by atoms with van der Waals surface area (Å²) in [5.41, 5.74) is 0. The van der Waals surface area contributed by atoms with Gasteiger partial charge in [0.05, 0.1) is 13.1 Å². The minimum atomic E-state index is 1.23. The molecule has 12 heavy (non-hydrogen) atoms. The molecule has 0 aliphatic rings. The molecule has 0 heterocycles. The quantitative estimate of drug-likeness (QED) is 0.451. The van der Waals surface area contributed by atoms with Gasteiger partial charge in [0, 0.05) is 0 Å². The Morgan fingerprint density at radius 3 is 2.17 bits per heavy atom. The van der Waals surface area contributed by atoms with Crippen molar-refractivity contribution in [3.63, 3.8) is 0 Å². The number of nitrogens with two attached hydrogens (primary N) is 2. The van der Waals surface area contributed by atoms with Gasteiger partial charge in [-0.05, 0) is 19.8 Å². The van der Waals surface area contributed by atoms with Crippen LogP contribution in [0.4, 0.5) is 0 Å². The van der Waals surface area contributed by atoms with Gasteiger partial charge in [-0.2, -0.15) is 0 Å². The third kappa shape index (κ3) is 9.92. The van der Waals surface area contributed by atoms with Crippen molar-refractivity contribution >= 4 is 0 Å². The summed E-state index contributed by atoms with van der Waals surface area (Å²) in [6, 6.07) is 0. The fraction of sp³-hybridized carbons (Fsp3) is 1.00. The summed E-state index contributed by atoms with van der Waals surface area (Å²) in [5.74, 6) is 0. The molecule has 0 spiro atoms. The van der Waals surface area contributed by atoms with E-state index in [1.54, 1.807) is 0 Å². The van der Waals surface area contributed by atoms with Crippen molar-refractivity contribution < 1.29 is 10.6 Å². The Bertz CT molecular complexity index is 64.2. The Morgan fingerprint density at radius 1 is 0.750 bits per heavy atom. The zero-order valence-electron chi connectivity index (χ0n) is 8.81. The van der Waals surface area contributed by atoms with Crippen molar-refractivity contribution in [1.82, 2.24) is 0 Å². The van der Waals surface area contributed by atoms with E-state index in [0.29, 0.717) is 0 Å². The summed E-state index contributed by atoms with van der Waals surface area (Å²) < 4.78 is 0. The lowest BCUT2D eigenvalue weighted by Gasteiger charge is -2.00. The van der Waals surface area contributed by atoms with Crippen LogP contribution < -0.4 is 10.6 Å². The van der Waals surface area contributed by atoms with Gasteiger partial charge in [-0.3, -0.25) is 0 Å². The van der Waals surface area contributed by atoms with Crippen LogP contribution in [0.15, 0.2) is 0 Å². The fourth-order valence-electron chi connectivity index (χ4n) is 1.30. The number of unbranched alkanes of at least 4 members (excludes halogenated alkanes) is 3. The monoisotopic (exact) mass is 174 g/mol. The summed E-state index contributed by atoms with van der Waals surface area (Å²) in [6.07, 6.45) is 5.59. The minimum absolute atomic E-state index is 1.23. The first-order chi connectivity index (χ1) is 5.91. The number of quaternary nitrogens is 2. The smallest absolute Gasteiger partial charge is 0.125 e. The lowest BCUT2D eigenvalue weighted by atomic mass is 10.2. The highest BCUT2D eigenvalue weighted by Crippen LogP contribution is 1.95. The molecule has 74 valence electrons. The molecule has 0 fully saturated rings. The fourth-order valence-corrected chi connectivity index (χ4v) is 1.30. The number of likely N-dealkylation sites (N-methyl/N-ethyl adjacent to an activating group) is 1. The van der Waals surface area contributed by atoms with Gasteiger partial charge in [0.25, 0.3) is 0 Å². The highest BCUT2D eigenvalue weighted by atomic mass is 14.9. The van der Waals surface area contributed by atoms with E-state index in [9.17, 15) is 0 Å². The predicted molar refractivity (Wildman–Crippen MR) is 53.1 cm³/mol. The molecular weight excluding hydrogens is 148 g/mol. The molecule has 0 unspecified atom stereocenters. The van der Waals surface area contributed by atoms with Gasteiger partial charge in [-0.15, -0.1) is 0 Å². The summed E-state index contributed by atoms with van der Waals surface area (Å²) >= 11 is 0. The summed E-state index contributed by atoms with van der Waals surface area (Å²) in [7, 11) is 0. The largest absolute Gasteiger partial charge is 0.342 e. The van der Waals surface area contributed by atoms with E-state index < -0.39 is 0 Å². The molecule has 0 aliphatic carbocycles. The van der Waals surface area contributed by atoms with Crippen molar-refractivity contribution in [2.24, 2.45) is 0 Å². The zero-order valence-corrected chi connectivity index (χ0v) is 8.81. The first-order valence-corrected chi connectivity index (χ1v) is 5.55. The van der Waals surface area contributed by atoms with Crippen LogP contribution >= 0.6 is 0 Å². The van der Waals surface area contributed by atoms with E-state index in [1.165, 1.54) is 51.9 Å². The Kier molecular flexibility index (Phi) is 10.8. The Hall–Kier alpha value is -0.0800. The van der Waals surface area contributed by atoms with Crippen LogP contribution in [0.3, 0.4) is 0 Å². The first-order valence-electron chi connectivity index (χ1n) is 5.55. The average Bonchev–Trinajstić information content (AvgIpc) is 2.10. The molecule has 0 aromatic carbocycles. The van der Waals surface area contributed by atoms with Crippen LogP contribution in [0.1, 0.15) is 39.5 Å². The molecule has 0 aliphatic heterocycles. The summed E-state index contributed by atoms with van der Waals surface area (Å²) in [4.78, 5) is 0. The van der Waals surface area contributed by atoms with Gasteiger partial charge in [-0.1, -0.05) is 19.8 Å². The van der Waals surface area contributed by atoms with Crippen LogP contribution in [0.2, 0.25) is 0 Å². The highest BCUT2D eigenvalue weighted by molar-refractivity contribution is 4.36. The molecule has 0 rings (SSSR count). The summed E-state index contributed by atoms with van der Waals surface area (Å²) in [6.45, 7) is 9.60. The number of hydrogen-bond donors (Lipinski definition) is 2. The van der Waals surface area contributed by atoms with Crippen molar-refractivity contribution in [1.29, 1.82) is 0 Å². The van der Waals surface area contributed by atoms with Gasteiger partial charge in [0.1, 0.15) is 13.1 Å². The van der Waals surface area contributed by atoms with Gasteiger partial charge >= 0.3 is 0 Å². The number of hydrogen-bond acceptors (Lipinski definition) is 0. The Labute approximate surface area is 77.1 Å². The standard InChI is InChI=1S/C10H24N2/c1-3-5-6-7-8-12-10-9-11-4-2/h11-12H,3-10H2,1-2H3/p+2. The Balaban J connectivity index is 2.73. The van der Waals surface area contributed by atoms with Crippen LogP contribution in [0.25, 0.3) is 0 Å². The molecule has 0 saturated carbocycles. The van der Waals surface area contributed by atoms with Crippen molar-refractivity contribution in [2.45, 2.75) is 39.5 Å². The van der Waals surface area contributed by atoms with Crippen LogP contribution in [-0.4, -0.2) is 26.2 Å². The van der Waals surface area contributed by atoms with Crippen molar-refractivity contribution in [2.75, 3.05) is 26.2 Å². The topological polar surface area (TPSA) is 33.2 Å². The zero-order chi connectivity index (χ0) is 9.07. The van der Waals surface area contributed by atoms with E-state index in [4.69, 9.17) is 0 Å². The van der Waals surface area contributed by atoms with Gasteiger partial charge in [0.2, 0.25) is 0 Å². The maximum atomic E-state index is 2.45. The van der Waals surface area contributed by atoms with Gasteiger partial charge in [-0.25, -0.2) is 0 Å². The third-order valence-corrected chi connectivity index (χ3v) is 2.13. The third-order valence-electron chi connectivity index (χ3n) is 2.13. The lowest BCUT2D eigenvalue weighted by molar-refractivity contribution is -0.722. The molecule has 4 N–H and O–H groups in total. The molecule has 0 amide bonds. The second-order valence-corrected chi connectivity index (χ2v) is 3.41. The maximum Gasteiger partial charge on any atom is 0.125 e. The maximum absolute atomic E-state index is 2.45. The van der Waals surface area contributed by atoms with Gasteiger partial charge in [0.15, 0.2) is 0 Å². The van der Waals surface area contributed by atoms with Gasteiger partial charge < -0.3 is 10.6 Å². The Morgan fingerprint density at radius 2 is 1.50 bits per heavy atom. The molecule has 0 aromatic rings. The van der Waals surface area contributed by atoms with E-state index in [1.807, 2.05) is 0 Å². The summed E-state index contributed by atoms with van der Waals surface area (Å²) in [5, 5.41) is 4.81. The van der Waals surface area contributed by atoms with E-state index in [0.717, 1.165) is 0 Å².